The summed E-state index contributed by atoms with van der Waals surface area (Å²) in [6.07, 6.45) is 0. The summed E-state index contributed by atoms with van der Waals surface area (Å²) in [5.41, 5.74) is 1.19. The van der Waals surface area contributed by atoms with Crippen molar-refractivity contribution in [2.75, 3.05) is 12.4 Å². The van der Waals surface area contributed by atoms with Gasteiger partial charge in [-0.25, -0.2) is 13.2 Å². The third-order valence-electron chi connectivity index (χ3n) is 4.33. The van der Waals surface area contributed by atoms with Crippen LogP contribution >= 0.6 is 0 Å². The first-order valence-corrected chi connectivity index (χ1v) is 10.2. The molecule has 0 bridgehead atoms. The molecule has 29 heavy (non-hydrogen) atoms. The quantitative estimate of drug-likeness (QED) is 0.635. The SMILES string of the molecule is CC(C)N(C)S(=O)(=O)c1cccc(C(=O)Nc2cccc(-c3noc(=O)[nH]3)c2)c1. The lowest BCUT2D eigenvalue weighted by atomic mass is 10.1. The van der Waals surface area contributed by atoms with Crippen molar-refractivity contribution in [1.29, 1.82) is 0 Å². The van der Waals surface area contributed by atoms with Crippen LogP contribution in [0.5, 0.6) is 0 Å². The van der Waals surface area contributed by atoms with Gasteiger partial charge in [-0.15, -0.1) is 0 Å². The smallest absolute Gasteiger partial charge is 0.322 e. The highest BCUT2D eigenvalue weighted by Crippen LogP contribution is 2.21. The fraction of sp³-hybridized carbons (Fsp3) is 0.211. The van der Waals surface area contributed by atoms with E-state index >= 15 is 0 Å². The fourth-order valence-electron chi connectivity index (χ4n) is 2.54. The second kappa shape index (κ2) is 8.02. The molecule has 0 saturated heterocycles. The Balaban J connectivity index is 1.84. The monoisotopic (exact) mass is 416 g/mol. The average Bonchev–Trinajstić information content (AvgIpc) is 3.14. The molecule has 3 aromatic rings. The maximum absolute atomic E-state index is 12.7. The lowest BCUT2D eigenvalue weighted by molar-refractivity contribution is 0.102. The van der Waals surface area contributed by atoms with Crippen LogP contribution in [0.1, 0.15) is 24.2 Å². The van der Waals surface area contributed by atoms with Crippen LogP contribution in [0.25, 0.3) is 11.4 Å². The van der Waals surface area contributed by atoms with Crippen LogP contribution in [0.15, 0.2) is 62.7 Å². The number of nitrogens with zero attached hydrogens (tertiary/aromatic N) is 2. The van der Waals surface area contributed by atoms with E-state index in [0.29, 0.717) is 11.3 Å². The predicted molar refractivity (Wildman–Crippen MR) is 107 cm³/mol. The van der Waals surface area contributed by atoms with Crippen molar-refractivity contribution in [3.8, 4) is 11.4 Å². The molecule has 1 aromatic heterocycles. The summed E-state index contributed by atoms with van der Waals surface area (Å²) in [5.74, 6) is -0.921. The number of hydrogen-bond acceptors (Lipinski definition) is 6. The van der Waals surface area contributed by atoms with Gasteiger partial charge in [-0.05, 0) is 44.2 Å². The van der Waals surface area contributed by atoms with Crippen LogP contribution in [0.3, 0.4) is 0 Å². The molecule has 0 unspecified atom stereocenters. The molecule has 10 heteroatoms. The van der Waals surface area contributed by atoms with Crippen LogP contribution in [-0.4, -0.2) is 41.9 Å². The number of carbonyl (C=O) groups excluding carboxylic acids is 1. The lowest BCUT2D eigenvalue weighted by Crippen LogP contribution is -2.33. The van der Waals surface area contributed by atoms with E-state index in [2.05, 4.69) is 20.0 Å². The maximum atomic E-state index is 12.7. The van der Waals surface area contributed by atoms with E-state index < -0.39 is 21.7 Å². The zero-order chi connectivity index (χ0) is 21.2. The predicted octanol–water partition coefficient (Wildman–Crippen LogP) is 2.31. The molecule has 2 aromatic carbocycles. The van der Waals surface area contributed by atoms with Gasteiger partial charge in [0.05, 0.1) is 4.90 Å². The van der Waals surface area contributed by atoms with E-state index in [0.717, 1.165) is 0 Å². The Bertz CT molecular complexity index is 1200. The number of rotatable bonds is 6. The first-order chi connectivity index (χ1) is 13.7. The van der Waals surface area contributed by atoms with Gasteiger partial charge in [0.1, 0.15) is 0 Å². The average molecular weight is 416 g/mol. The van der Waals surface area contributed by atoms with E-state index in [9.17, 15) is 18.0 Å². The summed E-state index contributed by atoms with van der Waals surface area (Å²) in [6.45, 7) is 3.53. The first kappa shape index (κ1) is 20.5. The topological polar surface area (TPSA) is 125 Å². The summed E-state index contributed by atoms with van der Waals surface area (Å²) in [4.78, 5) is 26.2. The highest BCUT2D eigenvalue weighted by Gasteiger charge is 2.24. The van der Waals surface area contributed by atoms with Crippen molar-refractivity contribution in [1.82, 2.24) is 14.4 Å². The Kier molecular flexibility index (Phi) is 5.66. The zero-order valence-electron chi connectivity index (χ0n) is 16.0. The number of benzene rings is 2. The lowest BCUT2D eigenvalue weighted by Gasteiger charge is -2.21. The Morgan fingerprint density at radius 1 is 1.17 bits per heavy atom. The van der Waals surface area contributed by atoms with Gasteiger partial charge in [-0.1, -0.05) is 23.4 Å². The van der Waals surface area contributed by atoms with Crippen LogP contribution in [0.2, 0.25) is 0 Å². The molecule has 2 N–H and O–H groups in total. The van der Waals surface area contributed by atoms with Crippen LogP contribution in [-0.2, 0) is 10.0 Å². The minimum Gasteiger partial charge on any atom is -0.322 e. The molecule has 9 nitrogen and oxygen atoms in total. The summed E-state index contributed by atoms with van der Waals surface area (Å²) in [5, 5.41) is 6.31. The Labute approximate surface area is 167 Å². The van der Waals surface area contributed by atoms with Crippen LogP contribution in [0, 0.1) is 0 Å². The maximum Gasteiger partial charge on any atom is 0.439 e. The minimum absolute atomic E-state index is 0.0373. The van der Waals surface area contributed by atoms with E-state index in [1.165, 1.54) is 35.6 Å². The normalized spacial score (nSPS) is 11.8. The minimum atomic E-state index is -3.71. The summed E-state index contributed by atoms with van der Waals surface area (Å²) in [7, 11) is -2.21. The second-order valence-electron chi connectivity index (χ2n) is 6.62. The van der Waals surface area contributed by atoms with Crippen molar-refractivity contribution in [2.45, 2.75) is 24.8 Å². The highest BCUT2D eigenvalue weighted by atomic mass is 32.2. The number of aromatic nitrogens is 2. The van der Waals surface area contributed by atoms with Crippen molar-refractivity contribution in [3.05, 3.63) is 64.6 Å². The number of aromatic amines is 1. The molecule has 0 radical (unpaired) electrons. The van der Waals surface area contributed by atoms with Gasteiger partial charge >= 0.3 is 5.76 Å². The van der Waals surface area contributed by atoms with Crippen molar-refractivity contribution in [2.24, 2.45) is 0 Å². The summed E-state index contributed by atoms with van der Waals surface area (Å²) < 4.78 is 31.0. The van der Waals surface area contributed by atoms with Gasteiger partial charge in [0.15, 0.2) is 5.82 Å². The summed E-state index contributed by atoms with van der Waals surface area (Å²) in [6, 6.07) is 12.3. The first-order valence-electron chi connectivity index (χ1n) is 8.74. The van der Waals surface area contributed by atoms with Gasteiger partial charge in [0, 0.05) is 29.9 Å². The molecular formula is C19H20N4O5S. The third-order valence-corrected chi connectivity index (χ3v) is 6.36. The molecule has 0 aliphatic heterocycles. The largest absolute Gasteiger partial charge is 0.439 e. The van der Waals surface area contributed by atoms with Gasteiger partial charge < -0.3 is 5.32 Å². The fourth-order valence-corrected chi connectivity index (χ4v) is 3.96. The molecule has 3 rings (SSSR count). The Morgan fingerprint density at radius 3 is 2.55 bits per heavy atom. The number of carbonyl (C=O) groups is 1. The molecule has 152 valence electrons. The third kappa shape index (κ3) is 4.44. The Morgan fingerprint density at radius 2 is 1.90 bits per heavy atom. The standard InChI is InChI=1S/C19H20N4O5S/c1-12(2)23(3)29(26,27)16-9-5-7-14(11-16)18(24)20-15-8-4-6-13(10-15)17-21-19(25)28-22-17/h4-12H,1-3H3,(H,20,24)(H,21,22,25). The van der Waals surface area contributed by atoms with Crippen molar-refractivity contribution >= 4 is 21.6 Å². The van der Waals surface area contributed by atoms with E-state index in [1.807, 2.05) is 0 Å². The molecule has 0 spiro atoms. The molecule has 0 atom stereocenters. The van der Waals surface area contributed by atoms with E-state index in [4.69, 9.17) is 0 Å². The number of amides is 1. The number of nitrogens with one attached hydrogen (secondary N) is 2. The van der Waals surface area contributed by atoms with Crippen LogP contribution in [0.4, 0.5) is 5.69 Å². The van der Waals surface area contributed by atoms with Gasteiger partial charge in [-0.3, -0.25) is 14.3 Å². The molecule has 1 amide bonds. The van der Waals surface area contributed by atoms with Gasteiger partial charge in [0.25, 0.3) is 5.91 Å². The van der Waals surface area contributed by atoms with Crippen molar-refractivity contribution in [3.63, 3.8) is 0 Å². The van der Waals surface area contributed by atoms with E-state index in [-0.39, 0.29) is 22.3 Å². The number of sulfonamides is 1. The molecule has 0 saturated carbocycles. The molecule has 1 heterocycles. The van der Waals surface area contributed by atoms with E-state index in [1.54, 1.807) is 38.1 Å². The van der Waals surface area contributed by atoms with Gasteiger partial charge in [-0.2, -0.15) is 4.31 Å². The Hall–Kier alpha value is -3.24. The molecular weight excluding hydrogens is 396 g/mol. The molecule has 0 aliphatic carbocycles. The van der Waals surface area contributed by atoms with Gasteiger partial charge in [0.2, 0.25) is 10.0 Å². The molecule has 0 aliphatic rings. The highest BCUT2D eigenvalue weighted by molar-refractivity contribution is 7.89. The number of anilines is 1. The second-order valence-corrected chi connectivity index (χ2v) is 8.62. The molecule has 0 fully saturated rings. The number of hydrogen-bond donors (Lipinski definition) is 2. The van der Waals surface area contributed by atoms with Crippen LogP contribution < -0.4 is 11.1 Å². The summed E-state index contributed by atoms with van der Waals surface area (Å²) >= 11 is 0. The number of H-pyrrole nitrogens is 1. The zero-order valence-corrected chi connectivity index (χ0v) is 16.9. The van der Waals surface area contributed by atoms with Crippen molar-refractivity contribution < 1.29 is 17.7 Å².